The quantitative estimate of drug-likeness (QED) is 0.0440. The third-order valence-corrected chi connectivity index (χ3v) is 14.7. The van der Waals surface area contributed by atoms with Crippen molar-refractivity contribution in [2.75, 3.05) is 39.3 Å². The van der Waals surface area contributed by atoms with Gasteiger partial charge in [0.2, 0.25) is 0 Å². The Balaban J connectivity index is 5.08. The molecule has 6 atom stereocenters. The van der Waals surface area contributed by atoms with E-state index < -0.39 is 24.4 Å². The smallest absolute Gasteiger partial charge is 0.190 e. The largest absolute Gasteiger partial charge is 0.392 e. The summed E-state index contributed by atoms with van der Waals surface area (Å²) in [6.07, 6.45) is 30.1. The summed E-state index contributed by atoms with van der Waals surface area (Å²) in [5.41, 5.74) is 0. The molecule has 0 fully saturated rings. The molecule has 0 saturated carbocycles. The number of hydrogen-bond acceptors (Lipinski definition) is 10. The Morgan fingerprint density at radius 3 is 0.833 bits per heavy atom. The molecular weight excluding hydrogens is 789 g/mol. The fourth-order valence-corrected chi connectivity index (χ4v) is 9.90. The van der Waals surface area contributed by atoms with E-state index in [4.69, 9.17) is 0 Å². The van der Waals surface area contributed by atoms with E-state index in [1.165, 1.54) is 126 Å². The zero-order valence-corrected chi connectivity index (χ0v) is 41.9. The number of thioether (sulfide) groups is 2. The fourth-order valence-electron chi connectivity index (χ4n) is 7.94. The van der Waals surface area contributed by atoms with Crippen molar-refractivity contribution in [3.63, 3.8) is 0 Å². The molecule has 0 aliphatic carbocycles. The van der Waals surface area contributed by atoms with Gasteiger partial charge in [-0.25, -0.2) is 0 Å². The molecule has 0 aromatic rings. The average Bonchev–Trinajstić information content (AvgIpc) is 3.21. The molecule has 60 heavy (non-hydrogen) atoms. The summed E-state index contributed by atoms with van der Waals surface area (Å²) in [5.74, 6) is 0. The molecule has 0 aliphatic rings. The Morgan fingerprint density at radius 2 is 0.600 bits per heavy atom. The van der Waals surface area contributed by atoms with E-state index in [0.29, 0.717) is 52.1 Å². The number of aliphatic hydroxyl groups is 4. The van der Waals surface area contributed by atoms with Crippen LogP contribution in [0.5, 0.6) is 0 Å². The van der Waals surface area contributed by atoms with E-state index in [-0.39, 0.29) is 20.7 Å². The average molecular weight is 889 g/mol. The highest BCUT2D eigenvalue weighted by Gasteiger charge is 2.23. The van der Waals surface area contributed by atoms with Crippen molar-refractivity contribution in [1.82, 2.24) is 9.80 Å². The van der Waals surface area contributed by atoms with Crippen LogP contribution in [0.15, 0.2) is 0 Å². The third-order valence-electron chi connectivity index (χ3n) is 12.0. The maximum absolute atomic E-state index is 13.3. The molecule has 0 spiro atoms. The van der Waals surface area contributed by atoms with Gasteiger partial charge in [-0.15, -0.1) is 0 Å². The first-order valence-corrected chi connectivity index (χ1v) is 27.3. The summed E-state index contributed by atoms with van der Waals surface area (Å²) < 4.78 is 0. The maximum Gasteiger partial charge on any atom is 0.190 e. The number of carbonyl (C=O) groups is 2. The summed E-state index contributed by atoms with van der Waals surface area (Å²) in [6, 6.07) is 0. The van der Waals surface area contributed by atoms with Gasteiger partial charge in [0, 0.05) is 62.6 Å². The van der Waals surface area contributed by atoms with Gasteiger partial charge in [0.05, 0.1) is 24.4 Å². The predicted molar refractivity (Wildman–Crippen MR) is 262 cm³/mol. The number of carbonyl (C=O) groups excluding carboxylic acids is 2. The van der Waals surface area contributed by atoms with E-state index in [1.54, 1.807) is 0 Å². The van der Waals surface area contributed by atoms with Crippen LogP contribution >= 0.6 is 23.5 Å². The molecule has 6 unspecified atom stereocenters. The Hall–Kier alpha value is -0.200. The summed E-state index contributed by atoms with van der Waals surface area (Å²) in [7, 11) is 0. The number of aliphatic hydroxyl groups excluding tert-OH is 4. The van der Waals surface area contributed by atoms with Crippen LogP contribution in [0.2, 0.25) is 0 Å². The van der Waals surface area contributed by atoms with E-state index >= 15 is 0 Å². The zero-order chi connectivity index (χ0) is 44.6. The predicted octanol–water partition coefficient (Wildman–Crippen LogP) is 12.1. The van der Waals surface area contributed by atoms with Gasteiger partial charge in [-0.05, 0) is 25.7 Å². The minimum atomic E-state index is -0.468. The second-order valence-corrected chi connectivity index (χ2v) is 21.1. The molecule has 0 aromatic carbocycles. The fraction of sp³-hybridized carbons (Fsp3) is 0.960. The van der Waals surface area contributed by atoms with Crippen molar-refractivity contribution >= 4 is 33.8 Å². The summed E-state index contributed by atoms with van der Waals surface area (Å²) in [4.78, 5) is 30.7. The van der Waals surface area contributed by atoms with Crippen LogP contribution in [0.4, 0.5) is 0 Å². The first kappa shape index (κ1) is 59.8. The molecule has 0 aromatic heterocycles. The monoisotopic (exact) mass is 889 g/mol. The molecule has 0 bridgehead atoms. The van der Waals surface area contributed by atoms with Crippen LogP contribution in [-0.4, -0.2) is 115 Å². The molecule has 358 valence electrons. The molecule has 0 heterocycles. The van der Waals surface area contributed by atoms with E-state index in [0.717, 1.165) is 77.0 Å². The Bertz CT molecular complexity index is 842. The van der Waals surface area contributed by atoms with E-state index in [9.17, 15) is 30.0 Å². The lowest BCUT2D eigenvalue weighted by Crippen LogP contribution is -2.39. The van der Waals surface area contributed by atoms with Gasteiger partial charge < -0.3 is 20.4 Å². The van der Waals surface area contributed by atoms with Crippen molar-refractivity contribution < 1.29 is 30.0 Å². The van der Waals surface area contributed by atoms with Crippen molar-refractivity contribution in [2.24, 2.45) is 0 Å². The van der Waals surface area contributed by atoms with Crippen molar-refractivity contribution in [1.29, 1.82) is 0 Å². The van der Waals surface area contributed by atoms with Crippen LogP contribution in [0.3, 0.4) is 0 Å². The molecular formula is C50H100N2O6S2. The lowest BCUT2D eigenvalue weighted by Gasteiger charge is -2.28. The highest BCUT2D eigenvalue weighted by atomic mass is 32.2. The minimum absolute atomic E-state index is 0.0501. The van der Waals surface area contributed by atoms with Gasteiger partial charge in [0.15, 0.2) is 10.2 Å². The van der Waals surface area contributed by atoms with Gasteiger partial charge in [-0.2, -0.15) is 0 Å². The van der Waals surface area contributed by atoms with Gasteiger partial charge in [-0.1, -0.05) is 219 Å². The summed E-state index contributed by atoms with van der Waals surface area (Å²) in [5, 5.41) is 43.7. The van der Waals surface area contributed by atoms with Crippen LogP contribution in [0, 0.1) is 0 Å². The van der Waals surface area contributed by atoms with Crippen LogP contribution in [0.25, 0.3) is 0 Å². The number of hydrogen-bond donors (Lipinski definition) is 4. The Labute approximate surface area is 380 Å². The summed E-state index contributed by atoms with van der Waals surface area (Å²) in [6.45, 7) is 15.8. The molecule has 0 aliphatic heterocycles. The van der Waals surface area contributed by atoms with Crippen molar-refractivity contribution in [3.8, 4) is 0 Å². The Kier molecular flexibility index (Phi) is 42.6. The second kappa shape index (κ2) is 42.7. The SMILES string of the molecule is CCCCCCCCC(O)CN(CCC(=O)SC(C)C(C)SC(=O)CCN(CC(O)CCCCCCCC)CC(O)CCCCCCCC)CC(O)CCCCCCCC. The molecule has 0 rings (SSSR count). The molecule has 0 saturated heterocycles. The highest BCUT2D eigenvalue weighted by Crippen LogP contribution is 2.27. The van der Waals surface area contributed by atoms with Gasteiger partial charge in [-0.3, -0.25) is 19.4 Å². The summed E-state index contributed by atoms with van der Waals surface area (Å²) >= 11 is 2.61. The van der Waals surface area contributed by atoms with Gasteiger partial charge in [0.1, 0.15) is 0 Å². The minimum Gasteiger partial charge on any atom is -0.392 e. The van der Waals surface area contributed by atoms with Crippen LogP contribution in [0.1, 0.15) is 234 Å². The van der Waals surface area contributed by atoms with E-state index in [2.05, 4.69) is 37.5 Å². The topological polar surface area (TPSA) is 122 Å². The number of nitrogens with zero attached hydrogens (tertiary/aromatic N) is 2. The zero-order valence-electron chi connectivity index (χ0n) is 40.2. The molecule has 0 radical (unpaired) electrons. The van der Waals surface area contributed by atoms with Crippen LogP contribution in [-0.2, 0) is 9.59 Å². The Morgan fingerprint density at radius 1 is 0.383 bits per heavy atom. The van der Waals surface area contributed by atoms with Gasteiger partial charge in [0.25, 0.3) is 0 Å². The second-order valence-electron chi connectivity index (χ2n) is 18.3. The number of rotatable bonds is 45. The standard InChI is InChI=1S/C50H100N2O6S2/c1-7-11-15-19-23-27-31-45(53)39-51(40-46(54)32-28-24-20-16-12-8-2)37-35-49(57)59-43(5)44(6)60-50(58)36-38-52(41-47(55)33-29-25-21-17-13-9-3)42-48(56)34-30-26-22-18-14-10-4/h43-48,53-56H,7-42H2,1-6H3. The first-order valence-electron chi connectivity index (χ1n) is 25.5. The lowest BCUT2D eigenvalue weighted by atomic mass is 10.1. The van der Waals surface area contributed by atoms with Crippen LogP contribution < -0.4 is 0 Å². The third kappa shape index (κ3) is 38.3. The maximum atomic E-state index is 13.3. The first-order chi connectivity index (χ1) is 28.9. The lowest BCUT2D eigenvalue weighted by molar-refractivity contribution is -0.112. The molecule has 0 amide bonds. The number of unbranched alkanes of at least 4 members (excludes halogenated alkanes) is 20. The highest BCUT2D eigenvalue weighted by molar-refractivity contribution is 8.17. The van der Waals surface area contributed by atoms with E-state index in [1.807, 2.05) is 13.8 Å². The molecule has 4 N–H and O–H groups in total. The van der Waals surface area contributed by atoms with Crippen molar-refractivity contribution in [3.05, 3.63) is 0 Å². The normalized spacial score (nSPS) is 15.1. The molecule has 8 nitrogen and oxygen atoms in total. The van der Waals surface area contributed by atoms with Crippen molar-refractivity contribution in [2.45, 2.75) is 269 Å². The molecule has 10 heteroatoms. The van der Waals surface area contributed by atoms with Gasteiger partial charge >= 0.3 is 0 Å².